The van der Waals surface area contributed by atoms with E-state index < -0.39 is 6.10 Å². The van der Waals surface area contributed by atoms with E-state index in [0.717, 1.165) is 49.0 Å². The smallest absolute Gasteiger partial charge is 0.231 e. The zero-order chi connectivity index (χ0) is 20.1. The van der Waals surface area contributed by atoms with E-state index in [1.54, 1.807) is 7.11 Å². The average Bonchev–Trinajstić information content (AvgIpc) is 3.22. The molecule has 1 atom stereocenters. The number of nitrogens with zero attached hydrogens (tertiary/aromatic N) is 2. The second-order valence-electron chi connectivity index (χ2n) is 7.34. The highest BCUT2D eigenvalue weighted by Gasteiger charge is 2.20. The number of hydrogen-bond acceptors (Lipinski definition) is 7. The Kier molecular flexibility index (Phi) is 6.39. The summed E-state index contributed by atoms with van der Waals surface area (Å²) in [5.74, 6) is 2.39. The van der Waals surface area contributed by atoms with E-state index in [-0.39, 0.29) is 6.79 Å². The molecule has 2 aromatic rings. The van der Waals surface area contributed by atoms with Crippen LogP contribution >= 0.6 is 0 Å². The van der Waals surface area contributed by atoms with E-state index in [9.17, 15) is 5.11 Å². The molecule has 2 aliphatic rings. The molecular formula is C22H28N2O5. The Morgan fingerprint density at radius 3 is 2.52 bits per heavy atom. The zero-order valence-electron chi connectivity index (χ0n) is 16.8. The Labute approximate surface area is 171 Å². The lowest BCUT2D eigenvalue weighted by molar-refractivity contribution is 0.00911. The van der Waals surface area contributed by atoms with Gasteiger partial charge in [-0.05, 0) is 42.0 Å². The summed E-state index contributed by atoms with van der Waals surface area (Å²) in [6.45, 7) is 5.37. The highest BCUT2D eigenvalue weighted by Crippen LogP contribution is 2.32. The molecular weight excluding hydrogens is 372 g/mol. The molecule has 156 valence electrons. The van der Waals surface area contributed by atoms with Gasteiger partial charge in [-0.3, -0.25) is 4.90 Å². The van der Waals surface area contributed by atoms with Crippen LogP contribution in [0, 0.1) is 0 Å². The molecule has 1 N–H and O–H groups in total. The van der Waals surface area contributed by atoms with Crippen LogP contribution in [0.4, 0.5) is 5.69 Å². The van der Waals surface area contributed by atoms with Gasteiger partial charge in [0.2, 0.25) is 6.79 Å². The number of β-amino-alcohol motifs (C(OH)–C–C–N with tert-alkyl or cyclic N) is 1. The summed E-state index contributed by atoms with van der Waals surface area (Å²) in [4.78, 5) is 4.65. The molecule has 1 saturated heterocycles. The Morgan fingerprint density at radius 1 is 1.00 bits per heavy atom. The third kappa shape index (κ3) is 5.12. The first kappa shape index (κ1) is 19.8. The quantitative estimate of drug-likeness (QED) is 0.728. The van der Waals surface area contributed by atoms with Gasteiger partial charge >= 0.3 is 0 Å². The molecule has 0 bridgehead atoms. The van der Waals surface area contributed by atoms with Crippen LogP contribution in [0.1, 0.15) is 5.56 Å². The van der Waals surface area contributed by atoms with Crippen LogP contribution in [0.15, 0.2) is 42.5 Å². The summed E-state index contributed by atoms with van der Waals surface area (Å²) in [6, 6.07) is 13.9. The zero-order valence-corrected chi connectivity index (χ0v) is 16.8. The number of rotatable bonds is 8. The van der Waals surface area contributed by atoms with E-state index in [2.05, 4.69) is 21.9 Å². The van der Waals surface area contributed by atoms with Crippen molar-refractivity contribution in [3.63, 3.8) is 0 Å². The van der Waals surface area contributed by atoms with E-state index in [4.69, 9.17) is 18.9 Å². The molecule has 1 fully saturated rings. The lowest BCUT2D eigenvalue weighted by Gasteiger charge is -2.36. The summed E-state index contributed by atoms with van der Waals surface area (Å²) >= 11 is 0. The molecule has 0 aromatic heterocycles. The fourth-order valence-corrected chi connectivity index (χ4v) is 3.68. The van der Waals surface area contributed by atoms with Crippen LogP contribution in [0.2, 0.25) is 0 Å². The standard InChI is InChI=1S/C22H28N2O5/c1-26-20-5-3-18(4-6-20)24-10-8-23(9-11-24)13-19(25)15-27-14-17-2-7-21-22(12-17)29-16-28-21/h2-7,12,19,25H,8-11,13-16H2,1H3/t19-/m1/s1. The van der Waals surface area contributed by atoms with E-state index in [1.807, 2.05) is 30.3 Å². The molecule has 2 heterocycles. The van der Waals surface area contributed by atoms with Crippen LogP contribution in [-0.4, -0.2) is 69.3 Å². The molecule has 0 unspecified atom stereocenters. The monoisotopic (exact) mass is 400 g/mol. The van der Waals surface area contributed by atoms with E-state index in [1.165, 1.54) is 5.69 Å². The van der Waals surface area contributed by atoms with E-state index >= 15 is 0 Å². The Hall–Kier alpha value is -2.48. The number of aliphatic hydroxyl groups is 1. The topological polar surface area (TPSA) is 63.6 Å². The maximum absolute atomic E-state index is 10.3. The molecule has 0 spiro atoms. The van der Waals surface area contributed by atoms with Crippen molar-refractivity contribution in [2.75, 3.05) is 58.1 Å². The number of aliphatic hydroxyl groups excluding tert-OH is 1. The van der Waals surface area contributed by atoms with Crippen LogP contribution in [0.5, 0.6) is 17.2 Å². The number of fused-ring (bicyclic) bond motifs is 1. The molecule has 0 radical (unpaired) electrons. The first-order chi connectivity index (χ1) is 14.2. The van der Waals surface area contributed by atoms with Crippen LogP contribution in [0.3, 0.4) is 0 Å². The number of ether oxygens (including phenoxy) is 4. The third-order valence-electron chi connectivity index (χ3n) is 5.29. The summed E-state index contributed by atoms with van der Waals surface area (Å²) in [5, 5.41) is 10.3. The van der Waals surface area contributed by atoms with Crippen molar-refractivity contribution in [2.24, 2.45) is 0 Å². The average molecular weight is 400 g/mol. The molecule has 2 aliphatic heterocycles. The summed E-state index contributed by atoms with van der Waals surface area (Å²) < 4.78 is 21.6. The van der Waals surface area contributed by atoms with Crippen LogP contribution in [-0.2, 0) is 11.3 Å². The molecule has 0 amide bonds. The molecule has 0 saturated carbocycles. The van der Waals surface area contributed by atoms with Gasteiger partial charge in [0.1, 0.15) is 5.75 Å². The van der Waals surface area contributed by atoms with Gasteiger partial charge in [0.15, 0.2) is 11.5 Å². The Balaban J connectivity index is 1.16. The number of benzene rings is 2. The minimum atomic E-state index is -0.503. The van der Waals surface area contributed by atoms with Crippen LogP contribution < -0.4 is 19.1 Å². The predicted molar refractivity (Wildman–Crippen MR) is 110 cm³/mol. The Morgan fingerprint density at radius 2 is 1.76 bits per heavy atom. The minimum Gasteiger partial charge on any atom is -0.497 e. The number of anilines is 1. The van der Waals surface area contributed by atoms with Crippen molar-refractivity contribution in [2.45, 2.75) is 12.7 Å². The molecule has 29 heavy (non-hydrogen) atoms. The minimum absolute atomic E-state index is 0.268. The van der Waals surface area contributed by atoms with Gasteiger partial charge in [-0.25, -0.2) is 0 Å². The van der Waals surface area contributed by atoms with E-state index in [0.29, 0.717) is 19.8 Å². The maximum atomic E-state index is 10.3. The Bertz CT molecular complexity index is 790. The van der Waals surface area contributed by atoms with Gasteiger partial charge in [-0.1, -0.05) is 6.07 Å². The SMILES string of the molecule is COc1ccc(N2CCN(C[C@@H](O)COCc3ccc4c(c3)OCO4)CC2)cc1. The summed E-state index contributed by atoms with van der Waals surface area (Å²) in [5.41, 5.74) is 2.22. The number of hydrogen-bond donors (Lipinski definition) is 1. The van der Waals surface area contributed by atoms with Gasteiger partial charge in [0.05, 0.1) is 26.4 Å². The van der Waals surface area contributed by atoms with Crippen molar-refractivity contribution in [3.05, 3.63) is 48.0 Å². The molecule has 4 rings (SSSR count). The number of piperazine rings is 1. The van der Waals surface area contributed by atoms with Gasteiger partial charge < -0.3 is 29.0 Å². The lowest BCUT2D eigenvalue weighted by atomic mass is 10.2. The third-order valence-corrected chi connectivity index (χ3v) is 5.29. The van der Waals surface area contributed by atoms with Crippen molar-refractivity contribution >= 4 is 5.69 Å². The van der Waals surface area contributed by atoms with Gasteiger partial charge in [-0.2, -0.15) is 0 Å². The maximum Gasteiger partial charge on any atom is 0.231 e. The summed E-state index contributed by atoms with van der Waals surface area (Å²) in [6.07, 6.45) is -0.503. The van der Waals surface area contributed by atoms with Crippen molar-refractivity contribution < 1.29 is 24.1 Å². The molecule has 0 aliphatic carbocycles. The van der Waals surface area contributed by atoms with Crippen molar-refractivity contribution in [1.82, 2.24) is 4.90 Å². The van der Waals surface area contributed by atoms with Gasteiger partial charge in [0, 0.05) is 38.4 Å². The highest BCUT2D eigenvalue weighted by atomic mass is 16.7. The largest absolute Gasteiger partial charge is 0.497 e. The second-order valence-corrected chi connectivity index (χ2v) is 7.34. The first-order valence-electron chi connectivity index (χ1n) is 9.97. The van der Waals surface area contributed by atoms with Gasteiger partial charge in [-0.15, -0.1) is 0 Å². The fraction of sp³-hybridized carbons (Fsp3) is 0.455. The first-order valence-corrected chi connectivity index (χ1v) is 9.97. The molecule has 7 heteroatoms. The van der Waals surface area contributed by atoms with Crippen molar-refractivity contribution in [1.29, 1.82) is 0 Å². The molecule has 2 aromatic carbocycles. The number of methoxy groups -OCH3 is 1. The summed E-state index contributed by atoms with van der Waals surface area (Å²) in [7, 11) is 1.68. The second kappa shape index (κ2) is 9.35. The molecule has 7 nitrogen and oxygen atoms in total. The van der Waals surface area contributed by atoms with Crippen LogP contribution in [0.25, 0.3) is 0 Å². The van der Waals surface area contributed by atoms with Crippen molar-refractivity contribution in [3.8, 4) is 17.2 Å². The fourth-order valence-electron chi connectivity index (χ4n) is 3.68. The van der Waals surface area contributed by atoms with Gasteiger partial charge in [0.25, 0.3) is 0 Å². The predicted octanol–water partition coefficient (Wildman–Crippen LogP) is 2.12. The normalized spacial score (nSPS) is 17.4. The highest BCUT2D eigenvalue weighted by molar-refractivity contribution is 5.49. The lowest BCUT2D eigenvalue weighted by Crippen LogP contribution is -2.49.